The second-order valence-electron chi connectivity index (χ2n) is 6.70. The number of carbonyl (C=O) groups excluding carboxylic acids is 2. The second kappa shape index (κ2) is 9.72. The molecule has 1 fully saturated rings. The van der Waals surface area contributed by atoms with Gasteiger partial charge in [0.05, 0.1) is 15.0 Å². The van der Waals surface area contributed by atoms with E-state index < -0.39 is 40.0 Å². The third kappa shape index (κ3) is 4.46. The van der Waals surface area contributed by atoms with Crippen LogP contribution in [0.3, 0.4) is 0 Å². The maximum Gasteiger partial charge on any atom is 0.352 e. The van der Waals surface area contributed by atoms with Crippen LogP contribution in [0.5, 0.6) is 0 Å². The molecular formula is C17H18N6O5S4. The number of aryl methyl sites for hydroxylation is 1. The Balaban J connectivity index is 1.42. The molecule has 170 valence electrons. The van der Waals surface area contributed by atoms with Crippen LogP contribution in [0.2, 0.25) is 0 Å². The van der Waals surface area contributed by atoms with Crippen molar-refractivity contribution in [3.63, 3.8) is 0 Å². The average Bonchev–Trinajstić information content (AvgIpc) is 3.47. The van der Waals surface area contributed by atoms with Gasteiger partial charge in [0, 0.05) is 18.1 Å². The Bertz CT molecular complexity index is 1100. The van der Waals surface area contributed by atoms with E-state index in [2.05, 4.69) is 20.8 Å². The number of hydrogen-bond acceptors (Lipinski definition) is 10. The maximum atomic E-state index is 12.7. The van der Waals surface area contributed by atoms with Gasteiger partial charge in [-0.1, -0.05) is 17.8 Å². The predicted molar refractivity (Wildman–Crippen MR) is 119 cm³/mol. The van der Waals surface area contributed by atoms with E-state index in [1.165, 1.54) is 39.8 Å². The highest BCUT2D eigenvalue weighted by Crippen LogP contribution is 2.41. The Morgan fingerprint density at radius 1 is 1.44 bits per heavy atom. The Labute approximate surface area is 197 Å². The highest BCUT2D eigenvalue weighted by molar-refractivity contribution is 8.01. The van der Waals surface area contributed by atoms with E-state index in [1.54, 1.807) is 22.2 Å². The number of tetrazole rings is 1. The van der Waals surface area contributed by atoms with Crippen molar-refractivity contribution >= 4 is 63.4 Å². The average molecular weight is 515 g/mol. The number of fused-ring (bicyclic) bond motifs is 1. The molecule has 32 heavy (non-hydrogen) atoms. The zero-order valence-corrected chi connectivity index (χ0v) is 19.9. The van der Waals surface area contributed by atoms with Gasteiger partial charge in [-0.15, -0.1) is 28.2 Å². The number of nitrogens with one attached hydrogen (secondary N) is 1. The minimum atomic E-state index is -1.49. The summed E-state index contributed by atoms with van der Waals surface area (Å²) in [5, 5.41) is 25.6. The molecule has 0 aromatic carbocycles. The van der Waals surface area contributed by atoms with Crippen LogP contribution in [-0.2, 0) is 31.7 Å². The van der Waals surface area contributed by atoms with E-state index in [0.29, 0.717) is 33.0 Å². The van der Waals surface area contributed by atoms with Crippen LogP contribution >= 0.6 is 34.9 Å². The molecule has 2 aromatic rings. The number of thioether (sulfide) groups is 2. The predicted octanol–water partition coefficient (Wildman–Crippen LogP) is 0.393. The number of carbonyl (C=O) groups is 3. The SMILES string of the molecule is CCn1nnnc1SCC1=C(C(=O)O)N2C(=O)C(NC(=O)CS(=O)c3cccs3)[C@H]2SC1. The number of carboxylic acid groups (broad SMARTS) is 1. The zero-order valence-electron chi connectivity index (χ0n) is 16.7. The molecule has 3 atom stereocenters. The lowest BCUT2D eigenvalue weighted by Gasteiger charge is -2.49. The molecule has 2 aliphatic heterocycles. The van der Waals surface area contributed by atoms with Crippen LogP contribution < -0.4 is 5.32 Å². The van der Waals surface area contributed by atoms with Crippen molar-refractivity contribution in [1.29, 1.82) is 0 Å². The molecule has 2 amide bonds. The minimum Gasteiger partial charge on any atom is -0.477 e. The third-order valence-electron chi connectivity index (χ3n) is 4.72. The van der Waals surface area contributed by atoms with Crippen LogP contribution in [0.15, 0.2) is 38.1 Å². The lowest BCUT2D eigenvalue weighted by Crippen LogP contribution is -2.70. The van der Waals surface area contributed by atoms with Crippen LogP contribution in [0.1, 0.15) is 6.92 Å². The summed E-state index contributed by atoms with van der Waals surface area (Å²) >= 11 is 3.98. The fourth-order valence-electron chi connectivity index (χ4n) is 3.24. The smallest absolute Gasteiger partial charge is 0.352 e. The summed E-state index contributed by atoms with van der Waals surface area (Å²) < 4.78 is 14.4. The lowest BCUT2D eigenvalue weighted by atomic mass is 10.0. The molecule has 4 rings (SSSR count). The number of aliphatic carboxylic acids is 1. The number of β-lactam (4-membered cyclic amide) rings is 1. The molecule has 2 N–H and O–H groups in total. The summed E-state index contributed by atoms with van der Waals surface area (Å²) in [6.45, 7) is 2.48. The molecule has 2 aliphatic rings. The number of thiophene rings is 1. The number of hydrogen-bond donors (Lipinski definition) is 2. The highest BCUT2D eigenvalue weighted by Gasteiger charge is 2.54. The third-order valence-corrected chi connectivity index (χ3v) is 9.72. The summed E-state index contributed by atoms with van der Waals surface area (Å²) in [5.74, 6) is -1.73. The standard InChI is InChI=1S/C17H18N6O5S4/c1-2-22-17(19-20-21-22)31-7-9-6-30-15-12(14(25)23(15)13(9)16(26)27)18-10(24)8-32(28)11-4-3-5-29-11/h3-5,12,15H,2,6-8H2,1H3,(H,18,24)(H,26,27)/t12?,15-,32?/m1/s1. The number of nitrogens with zero attached hydrogens (tertiary/aromatic N) is 5. The lowest BCUT2D eigenvalue weighted by molar-refractivity contribution is -0.150. The summed E-state index contributed by atoms with van der Waals surface area (Å²) in [6.07, 6.45) is 0. The van der Waals surface area contributed by atoms with Gasteiger partial charge in [-0.05, 0) is 34.4 Å². The largest absolute Gasteiger partial charge is 0.477 e. The zero-order chi connectivity index (χ0) is 22.8. The maximum absolute atomic E-state index is 12.7. The van der Waals surface area contributed by atoms with Gasteiger partial charge in [0.15, 0.2) is 0 Å². The molecular weight excluding hydrogens is 496 g/mol. The molecule has 0 aliphatic carbocycles. The first-order valence-corrected chi connectivity index (χ1v) is 13.6. The summed E-state index contributed by atoms with van der Waals surface area (Å²) in [7, 11) is -1.49. The summed E-state index contributed by atoms with van der Waals surface area (Å²) in [6, 6.07) is 2.59. The van der Waals surface area contributed by atoms with Crippen LogP contribution in [0, 0.1) is 0 Å². The van der Waals surface area contributed by atoms with Crippen molar-refractivity contribution in [2.75, 3.05) is 17.3 Å². The number of carboxylic acids is 1. The van der Waals surface area contributed by atoms with Crippen molar-refractivity contribution in [1.82, 2.24) is 30.4 Å². The monoisotopic (exact) mass is 514 g/mol. The molecule has 0 bridgehead atoms. The van der Waals surface area contributed by atoms with Crippen molar-refractivity contribution in [3.05, 3.63) is 28.8 Å². The van der Waals surface area contributed by atoms with Crippen molar-refractivity contribution in [3.8, 4) is 0 Å². The van der Waals surface area contributed by atoms with E-state index in [9.17, 15) is 23.7 Å². The first kappa shape index (κ1) is 22.9. The molecule has 2 unspecified atom stereocenters. The van der Waals surface area contributed by atoms with Crippen molar-refractivity contribution < 1.29 is 23.7 Å². The Morgan fingerprint density at radius 2 is 2.25 bits per heavy atom. The molecule has 2 aromatic heterocycles. The Morgan fingerprint density at radius 3 is 2.94 bits per heavy atom. The van der Waals surface area contributed by atoms with E-state index in [-0.39, 0.29) is 11.4 Å². The quantitative estimate of drug-likeness (QED) is 0.356. The first-order chi connectivity index (χ1) is 15.4. The Kier molecular flexibility index (Phi) is 6.97. The normalized spacial score (nSPS) is 21.2. The van der Waals surface area contributed by atoms with Crippen molar-refractivity contribution in [2.45, 2.75) is 34.2 Å². The fourth-order valence-corrected chi connectivity index (χ4v) is 7.58. The van der Waals surface area contributed by atoms with Gasteiger partial charge < -0.3 is 10.4 Å². The summed E-state index contributed by atoms with van der Waals surface area (Å²) in [4.78, 5) is 38.2. The first-order valence-electron chi connectivity index (χ1n) is 9.41. The van der Waals surface area contributed by atoms with E-state index in [1.807, 2.05) is 6.92 Å². The van der Waals surface area contributed by atoms with Crippen LogP contribution in [0.25, 0.3) is 0 Å². The Hall–Kier alpha value is -2.23. The molecule has 4 heterocycles. The highest BCUT2D eigenvalue weighted by atomic mass is 32.2. The molecule has 0 saturated carbocycles. The van der Waals surface area contributed by atoms with E-state index >= 15 is 0 Å². The molecule has 15 heteroatoms. The van der Waals surface area contributed by atoms with Gasteiger partial charge in [0.1, 0.15) is 22.9 Å². The van der Waals surface area contributed by atoms with Crippen LogP contribution in [0.4, 0.5) is 0 Å². The minimum absolute atomic E-state index is 0.0607. The van der Waals surface area contributed by atoms with Crippen molar-refractivity contribution in [2.24, 2.45) is 0 Å². The summed E-state index contributed by atoms with van der Waals surface area (Å²) in [5.41, 5.74) is 0.528. The van der Waals surface area contributed by atoms with Gasteiger partial charge in [0.25, 0.3) is 5.91 Å². The van der Waals surface area contributed by atoms with Gasteiger partial charge in [0.2, 0.25) is 11.1 Å². The molecule has 11 nitrogen and oxygen atoms in total. The number of aromatic nitrogens is 4. The number of rotatable bonds is 9. The second-order valence-corrected chi connectivity index (χ2v) is 11.4. The molecule has 0 radical (unpaired) electrons. The molecule has 1 saturated heterocycles. The van der Waals surface area contributed by atoms with E-state index in [4.69, 9.17) is 0 Å². The van der Waals surface area contributed by atoms with E-state index in [0.717, 1.165) is 0 Å². The fraction of sp³-hybridized carbons (Fsp3) is 0.412. The van der Waals surface area contributed by atoms with Gasteiger partial charge >= 0.3 is 5.97 Å². The van der Waals surface area contributed by atoms with Gasteiger partial charge in [-0.25, -0.2) is 9.48 Å². The van der Waals surface area contributed by atoms with Gasteiger partial charge in [-0.2, -0.15) is 0 Å². The molecule has 0 spiro atoms. The topological polar surface area (TPSA) is 147 Å². The van der Waals surface area contributed by atoms with Crippen LogP contribution in [-0.4, -0.2) is 80.9 Å². The number of amides is 2. The van der Waals surface area contributed by atoms with Gasteiger partial charge in [-0.3, -0.25) is 18.7 Å².